The number of hydrogen-bond acceptors (Lipinski definition) is 4. The number of ether oxygens (including phenoxy) is 1. The van der Waals surface area contributed by atoms with E-state index in [1.54, 1.807) is 0 Å². The van der Waals surface area contributed by atoms with Crippen LogP contribution in [-0.4, -0.2) is 26.3 Å². The molecular weight excluding hydrogens is 268 g/mol. The Morgan fingerprint density at radius 2 is 1.90 bits per heavy atom. The second kappa shape index (κ2) is 6.29. The molecule has 2 heterocycles. The minimum Gasteiger partial charge on any atom is -0.380 e. The zero-order valence-electron chi connectivity index (χ0n) is 11.8. The second-order valence-corrected chi connectivity index (χ2v) is 6.03. The van der Waals surface area contributed by atoms with Gasteiger partial charge in [-0.2, -0.15) is 0 Å². The molecule has 1 aliphatic rings. The topological polar surface area (TPSA) is 24.5 Å². The highest BCUT2D eigenvalue weighted by atomic mass is 32.1. The Balaban J connectivity index is 1.59. The van der Waals surface area contributed by atoms with Crippen LogP contribution in [0.15, 0.2) is 35.7 Å². The van der Waals surface area contributed by atoms with Crippen molar-refractivity contribution >= 4 is 22.7 Å². The molecule has 1 fully saturated rings. The van der Waals surface area contributed by atoms with E-state index in [2.05, 4.69) is 52.9 Å². The van der Waals surface area contributed by atoms with E-state index in [1.165, 1.54) is 21.8 Å². The van der Waals surface area contributed by atoms with Crippen LogP contribution < -0.4 is 10.2 Å². The third-order valence-electron chi connectivity index (χ3n) is 3.66. The van der Waals surface area contributed by atoms with Crippen molar-refractivity contribution in [2.45, 2.75) is 13.5 Å². The molecule has 20 heavy (non-hydrogen) atoms. The van der Waals surface area contributed by atoms with Crippen LogP contribution in [0.1, 0.15) is 10.4 Å². The number of hydrogen-bond donors (Lipinski definition) is 1. The zero-order chi connectivity index (χ0) is 13.8. The van der Waals surface area contributed by atoms with Gasteiger partial charge in [-0.05, 0) is 48.2 Å². The lowest BCUT2D eigenvalue weighted by Gasteiger charge is -2.28. The standard InChI is InChI=1S/C16H20N2OS/c1-13-6-11-20-16(13)12-17-14-2-4-15(5-3-14)18-7-9-19-10-8-18/h2-6,11,17H,7-10,12H2,1H3. The fourth-order valence-electron chi connectivity index (χ4n) is 2.38. The Morgan fingerprint density at radius 1 is 1.15 bits per heavy atom. The van der Waals surface area contributed by atoms with Crippen molar-refractivity contribution in [1.82, 2.24) is 0 Å². The van der Waals surface area contributed by atoms with Gasteiger partial charge in [-0.25, -0.2) is 0 Å². The quantitative estimate of drug-likeness (QED) is 0.932. The molecule has 2 aromatic rings. The summed E-state index contributed by atoms with van der Waals surface area (Å²) in [6.45, 7) is 6.70. The molecule has 1 saturated heterocycles. The highest BCUT2D eigenvalue weighted by Gasteiger charge is 2.10. The van der Waals surface area contributed by atoms with Crippen LogP contribution in [0.25, 0.3) is 0 Å². The van der Waals surface area contributed by atoms with Crippen molar-refractivity contribution in [2.24, 2.45) is 0 Å². The average molecular weight is 288 g/mol. The number of anilines is 2. The van der Waals surface area contributed by atoms with Crippen LogP contribution in [-0.2, 0) is 11.3 Å². The fourth-order valence-corrected chi connectivity index (χ4v) is 3.23. The normalized spacial score (nSPS) is 15.3. The first kappa shape index (κ1) is 13.5. The number of aryl methyl sites for hydroxylation is 1. The largest absolute Gasteiger partial charge is 0.380 e. The first-order valence-corrected chi connectivity index (χ1v) is 7.90. The zero-order valence-corrected chi connectivity index (χ0v) is 12.6. The molecule has 106 valence electrons. The average Bonchev–Trinajstić information content (AvgIpc) is 2.92. The van der Waals surface area contributed by atoms with Crippen LogP contribution in [0.3, 0.4) is 0 Å². The van der Waals surface area contributed by atoms with Crippen LogP contribution in [0.4, 0.5) is 11.4 Å². The molecule has 0 amide bonds. The lowest BCUT2D eigenvalue weighted by molar-refractivity contribution is 0.122. The number of nitrogens with zero attached hydrogens (tertiary/aromatic N) is 1. The Bertz CT molecular complexity index is 544. The summed E-state index contributed by atoms with van der Waals surface area (Å²) in [7, 11) is 0. The van der Waals surface area contributed by atoms with E-state index in [1.807, 2.05) is 11.3 Å². The molecule has 0 atom stereocenters. The molecule has 1 aromatic heterocycles. The van der Waals surface area contributed by atoms with E-state index in [0.29, 0.717) is 0 Å². The maximum atomic E-state index is 5.38. The Kier molecular flexibility index (Phi) is 4.23. The summed E-state index contributed by atoms with van der Waals surface area (Å²) in [6, 6.07) is 10.9. The van der Waals surface area contributed by atoms with Gasteiger partial charge in [0, 0.05) is 35.9 Å². The van der Waals surface area contributed by atoms with Gasteiger partial charge in [-0.15, -0.1) is 11.3 Å². The molecule has 4 heteroatoms. The van der Waals surface area contributed by atoms with Crippen LogP contribution >= 0.6 is 11.3 Å². The van der Waals surface area contributed by atoms with Gasteiger partial charge < -0.3 is 15.0 Å². The van der Waals surface area contributed by atoms with E-state index in [4.69, 9.17) is 4.74 Å². The molecular formula is C16H20N2OS. The van der Waals surface area contributed by atoms with Gasteiger partial charge in [-0.3, -0.25) is 0 Å². The third-order valence-corrected chi connectivity index (χ3v) is 4.69. The summed E-state index contributed by atoms with van der Waals surface area (Å²) in [5.41, 5.74) is 3.83. The van der Waals surface area contributed by atoms with Crippen molar-refractivity contribution < 1.29 is 4.74 Å². The second-order valence-electron chi connectivity index (χ2n) is 5.03. The van der Waals surface area contributed by atoms with Crippen LogP contribution in [0.2, 0.25) is 0 Å². The minimum absolute atomic E-state index is 0.831. The van der Waals surface area contributed by atoms with Crippen molar-refractivity contribution in [2.75, 3.05) is 36.5 Å². The maximum absolute atomic E-state index is 5.38. The smallest absolute Gasteiger partial charge is 0.0642 e. The van der Waals surface area contributed by atoms with Gasteiger partial charge in [0.15, 0.2) is 0 Å². The van der Waals surface area contributed by atoms with Crippen LogP contribution in [0, 0.1) is 6.92 Å². The van der Waals surface area contributed by atoms with Crippen molar-refractivity contribution in [3.8, 4) is 0 Å². The van der Waals surface area contributed by atoms with E-state index >= 15 is 0 Å². The third kappa shape index (κ3) is 3.14. The van der Waals surface area contributed by atoms with Gasteiger partial charge >= 0.3 is 0 Å². The lowest BCUT2D eigenvalue weighted by Crippen LogP contribution is -2.36. The SMILES string of the molecule is Cc1ccsc1CNc1ccc(N2CCOCC2)cc1. The van der Waals surface area contributed by atoms with Crippen molar-refractivity contribution in [3.05, 3.63) is 46.2 Å². The fraction of sp³-hybridized carbons (Fsp3) is 0.375. The number of rotatable bonds is 4. The molecule has 1 aliphatic heterocycles. The summed E-state index contributed by atoms with van der Waals surface area (Å²) in [5, 5.41) is 5.63. The highest BCUT2D eigenvalue weighted by molar-refractivity contribution is 7.10. The van der Waals surface area contributed by atoms with Gasteiger partial charge in [0.25, 0.3) is 0 Å². The molecule has 1 N–H and O–H groups in total. The molecule has 3 rings (SSSR count). The first-order chi connectivity index (χ1) is 9.83. The first-order valence-electron chi connectivity index (χ1n) is 7.02. The molecule has 0 radical (unpaired) electrons. The van der Waals surface area contributed by atoms with E-state index in [9.17, 15) is 0 Å². The Morgan fingerprint density at radius 3 is 2.55 bits per heavy atom. The predicted molar refractivity (Wildman–Crippen MR) is 85.9 cm³/mol. The summed E-state index contributed by atoms with van der Waals surface area (Å²) in [4.78, 5) is 3.78. The molecule has 0 bridgehead atoms. The van der Waals surface area contributed by atoms with Gasteiger partial charge in [-0.1, -0.05) is 0 Å². The molecule has 0 aliphatic carbocycles. The lowest BCUT2D eigenvalue weighted by atomic mass is 10.2. The van der Waals surface area contributed by atoms with E-state index in [-0.39, 0.29) is 0 Å². The molecule has 0 spiro atoms. The molecule has 0 saturated carbocycles. The van der Waals surface area contributed by atoms with Gasteiger partial charge in [0.05, 0.1) is 13.2 Å². The number of morpholine rings is 1. The summed E-state index contributed by atoms with van der Waals surface area (Å²) in [5.74, 6) is 0. The number of nitrogens with one attached hydrogen (secondary N) is 1. The monoisotopic (exact) mass is 288 g/mol. The Hall–Kier alpha value is -1.52. The summed E-state index contributed by atoms with van der Waals surface area (Å²) in [6.07, 6.45) is 0. The van der Waals surface area contributed by atoms with Gasteiger partial charge in [0.2, 0.25) is 0 Å². The van der Waals surface area contributed by atoms with Gasteiger partial charge in [0.1, 0.15) is 0 Å². The Labute approximate surface area is 124 Å². The summed E-state index contributed by atoms with van der Waals surface area (Å²) >= 11 is 1.81. The number of thiophene rings is 1. The van der Waals surface area contributed by atoms with Crippen molar-refractivity contribution in [3.63, 3.8) is 0 Å². The predicted octanol–water partition coefficient (Wildman–Crippen LogP) is 3.51. The van der Waals surface area contributed by atoms with Crippen molar-refractivity contribution in [1.29, 1.82) is 0 Å². The molecule has 3 nitrogen and oxygen atoms in total. The molecule has 1 aromatic carbocycles. The van der Waals surface area contributed by atoms with E-state index < -0.39 is 0 Å². The summed E-state index contributed by atoms with van der Waals surface area (Å²) < 4.78 is 5.38. The molecule has 0 unspecified atom stereocenters. The number of benzene rings is 1. The van der Waals surface area contributed by atoms with E-state index in [0.717, 1.165) is 32.8 Å². The van der Waals surface area contributed by atoms with Crippen LogP contribution in [0.5, 0.6) is 0 Å². The highest BCUT2D eigenvalue weighted by Crippen LogP contribution is 2.21. The minimum atomic E-state index is 0.831. The maximum Gasteiger partial charge on any atom is 0.0642 e.